The van der Waals surface area contributed by atoms with E-state index in [1.165, 1.54) is 0 Å². The number of ether oxygens (including phenoxy) is 2. The average Bonchev–Trinajstić information content (AvgIpc) is 2.05. The number of carbonyl (C=O) groups is 1. The molecule has 2 atom stereocenters. The van der Waals surface area contributed by atoms with Crippen molar-refractivity contribution in [3.05, 3.63) is 0 Å². The molecular formula is C7H13NO3. The maximum Gasteiger partial charge on any atom is 0.249 e. The number of carbonyl (C=O) groups excluding carboxylic acids is 1. The summed E-state index contributed by atoms with van der Waals surface area (Å²) in [5.41, 5.74) is 5.07. The third-order valence-corrected chi connectivity index (χ3v) is 1.59. The summed E-state index contributed by atoms with van der Waals surface area (Å²) in [5.74, 6) is -1.15. The summed E-state index contributed by atoms with van der Waals surface area (Å²) >= 11 is 0. The van der Waals surface area contributed by atoms with Crippen LogP contribution < -0.4 is 5.73 Å². The molecule has 1 saturated heterocycles. The fourth-order valence-electron chi connectivity index (χ4n) is 1.23. The summed E-state index contributed by atoms with van der Waals surface area (Å²) in [6.07, 6.45) is -0.854. The zero-order chi connectivity index (χ0) is 8.65. The minimum absolute atomic E-state index is 0.248. The molecular weight excluding hydrogens is 146 g/mol. The Morgan fingerprint density at radius 1 is 1.45 bits per heavy atom. The number of primary amides is 1. The Morgan fingerprint density at radius 2 is 2.00 bits per heavy atom. The highest BCUT2D eigenvalue weighted by atomic mass is 16.8. The second-order valence-electron chi connectivity index (χ2n) is 3.16. The zero-order valence-electron chi connectivity index (χ0n) is 6.96. The first-order valence-electron chi connectivity index (χ1n) is 3.57. The van der Waals surface area contributed by atoms with Crippen molar-refractivity contribution < 1.29 is 14.3 Å². The van der Waals surface area contributed by atoms with E-state index in [1.54, 1.807) is 20.8 Å². The van der Waals surface area contributed by atoms with E-state index in [-0.39, 0.29) is 6.10 Å². The summed E-state index contributed by atoms with van der Waals surface area (Å²) < 4.78 is 10.5. The maximum absolute atomic E-state index is 10.7. The van der Waals surface area contributed by atoms with Crippen LogP contribution in [-0.2, 0) is 14.3 Å². The Kier molecular flexibility index (Phi) is 1.90. The van der Waals surface area contributed by atoms with Gasteiger partial charge in [0.15, 0.2) is 11.9 Å². The van der Waals surface area contributed by atoms with Crippen molar-refractivity contribution in [1.29, 1.82) is 0 Å². The Labute approximate surface area is 65.7 Å². The molecule has 4 heteroatoms. The van der Waals surface area contributed by atoms with Gasteiger partial charge in [0.1, 0.15) is 0 Å². The van der Waals surface area contributed by atoms with Gasteiger partial charge < -0.3 is 15.2 Å². The van der Waals surface area contributed by atoms with Gasteiger partial charge >= 0.3 is 0 Å². The highest BCUT2D eigenvalue weighted by molar-refractivity contribution is 5.79. The molecule has 0 saturated carbocycles. The number of hydrogen-bond donors (Lipinski definition) is 1. The van der Waals surface area contributed by atoms with E-state index in [4.69, 9.17) is 15.2 Å². The molecule has 0 aromatic rings. The van der Waals surface area contributed by atoms with Crippen LogP contribution in [0, 0.1) is 0 Å². The van der Waals surface area contributed by atoms with Crippen molar-refractivity contribution >= 4 is 5.91 Å². The number of amides is 1. The van der Waals surface area contributed by atoms with Crippen LogP contribution in [0.15, 0.2) is 0 Å². The van der Waals surface area contributed by atoms with E-state index >= 15 is 0 Å². The third kappa shape index (κ3) is 1.70. The van der Waals surface area contributed by atoms with Crippen molar-refractivity contribution in [3.8, 4) is 0 Å². The summed E-state index contributed by atoms with van der Waals surface area (Å²) in [6, 6.07) is 0. The largest absolute Gasteiger partial charge is 0.367 e. The first-order valence-corrected chi connectivity index (χ1v) is 3.57. The predicted molar refractivity (Wildman–Crippen MR) is 38.7 cm³/mol. The van der Waals surface area contributed by atoms with Crippen molar-refractivity contribution in [2.24, 2.45) is 5.73 Å². The van der Waals surface area contributed by atoms with Gasteiger partial charge in [0, 0.05) is 0 Å². The van der Waals surface area contributed by atoms with Gasteiger partial charge in [-0.05, 0) is 20.8 Å². The van der Waals surface area contributed by atoms with E-state index in [9.17, 15) is 4.79 Å². The molecule has 2 N–H and O–H groups in total. The third-order valence-electron chi connectivity index (χ3n) is 1.59. The van der Waals surface area contributed by atoms with Crippen molar-refractivity contribution in [2.75, 3.05) is 0 Å². The molecule has 0 aliphatic carbocycles. The van der Waals surface area contributed by atoms with Crippen LogP contribution in [0.3, 0.4) is 0 Å². The molecule has 4 nitrogen and oxygen atoms in total. The topological polar surface area (TPSA) is 61.6 Å². The zero-order valence-corrected chi connectivity index (χ0v) is 6.96. The molecule has 0 unspecified atom stereocenters. The highest BCUT2D eigenvalue weighted by Crippen LogP contribution is 2.27. The molecule has 1 aliphatic heterocycles. The number of rotatable bonds is 1. The lowest BCUT2D eigenvalue weighted by atomic mass is 10.2. The molecule has 1 fully saturated rings. The van der Waals surface area contributed by atoms with E-state index in [1.807, 2.05) is 0 Å². The predicted octanol–water partition coefficient (Wildman–Crippen LogP) is 0.0117. The van der Waals surface area contributed by atoms with E-state index in [0.717, 1.165) is 0 Å². The van der Waals surface area contributed by atoms with Gasteiger partial charge in [-0.2, -0.15) is 0 Å². The van der Waals surface area contributed by atoms with Crippen LogP contribution in [0.5, 0.6) is 0 Å². The monoisotopic (exact) mass is 159 g/mol. The van der Waals surface area contributed by atoms with Gasteiger partial charge in [0.25, 0.3) is 0 Å². The van der Waals surface area contributed by atoms with E-state index < -0.39 is 17.8 Å². The van der Waals surface area contributed by atoms with Crippen LogP contribution in [0.4, 0.5) is 0 Å². The van der Waals surface area contributed by atoms with Crippen LogP contribution in [0.2, 0.25) is 0 Å². The van der Waals surface area contributed by atoms with Crippen molar-refractivity contribution in [1.82, 2.24) is 0 Å². The molecule has 11 heavy (non-hydrogen) atoms. The maximum atomic E-state index is 10.7. The Balaban J connectivity index is 2.66. The van der Waals surface area contributed by atoms with Gasteiger partial charge in [-0.15, -0.1) is 0 Å². The first kappa shape index (κ1) is 8.49. The molecule has 1 amide bonds. The quantitative estimate of drug-likeness (QED) is 0.586. The molecule has 0 aromatic heterocycles. The van der Waals surface area contributed by atoms with Crippen molar-refractivity contribution in [3.63, 3.8) is 0 Å². The second-order valence-corrected chi connectivity index (χ2v) is 3.16. The Hall–Kier alpha value is -0.610. The lowest BCUT2D eigenvalue weighted by Crippen LogP contribution is -2.35. The minimum atomic E-state index is -0.681. The van der Waals surface area contributed by atoms with Crippen molar-refractivity contribution in [2.45, 2.75) is 38.8 Å². The minimum Gasteiger partial charge on any atom is -0.367 e. The van der Waals surface area contributed by atoms with Crippen LogP contribution in [0.1, 0.15) is 20.8 Å². The SMILES string of the molecule is C[C@H]1OC(C)(C)O[C@@H]1C(N)=O. The van der Waals surface area contributed by atoms with E-state index in [0.29, 0.717) is 0 Å². The average molecular weight is 159 g/mol. The summed E-state index contributed by atoms with van der Waals surface area (Å²) in [5, 5.41) is 0. The highest BCUT2D eigenvalue weighted by Gasteiger charge is 2.41. The van der Waals surface area contributed by atoms with Crippen LogP contribution in [-0.4, -0.2) is 23.9 Å². The van der Waals surface area contributed by atoms with Crippen LogP contribution >= 0.6 is 0 Å². The molecule has 0 aromatic carbocycles. The standard InChI is InChI=1S/C7H13NO3/c1-4-5(6(8)9)11-7(2,3)10-4/h4-5H,1-3H3,(H2,8,9)/t4-,5+/m1/s1. The fourth-order valence-corrected chi connectivity index (χ4v) is 1.23. The summed E-state index contributed by atoms with van der Waals surface area (Å²) in [4.78, 5) is 10.7. The number of hydrogen-bond acceptors (Lipinski definition) is 3. The normalized spacial score (nSPS) is 35.5. The molecule has 1 aliphatic rings. The molecule has 1 rings (SSSR count). The molecule has 0 bridgehead atoms. The van der Waals surface area contributed by atoms with Gasteiger partial charge in [0.2, 0.25) is 5.91 Å². The smallest absolute Gasteiger partial charge is 0.249 e. The number of nitrogens with two attached hydrogens (primary N) is 1. The lowest BCUT2D eigenvalue weighted by molar-refractivity contribution is -0.153. The van der Waals surface area contributed by atoms with Gasteiger partial charge in [-0.25, -0.2) is 0 Å². The van der Waals surface area contributed by atoms with Gasteiger partial charge in [-0.1, -0.05) is 0 Å². The van der Waals surface area contributed by atoms with Gasteiger partial charge in [0.05, 0.1) is 6.10 Å². The Morgan fingerprint density at radius 3 is 2.18 bits per heavy atom. The fraction of sp³-hybridized carbons (Fsp3) is 0.857. The summed E-state index contributed by atoms with van der Waals surface area (Å²) in [6.45, 7) is 5.28. The lowest BCUT2D eigenvalue weighted by Gasteiger charge is -2.15. The van der Waals surface area contributed by atoms with Crippen LogP contribution in [0.25, 0.3) is 0 Å². The summed E-state index contributed by atoms with van der Waals surface area (Å²) in [7, 11) is 0. The molecule has 1 heterocycles. The molecule has 0 radical (unpaired) electrons. The second kappa shape index (κ2) is 2.46. The van der Waals surface area contributed by atoms with E-state index in [2.05, 4.69) is 0 Å². The first-order chi connectivity index (χ1) is 4.92. The molecule has 0 spiro atoms. The Bertz CT molecular complexity index is 179. The molecule has 64 valence electrons. The van der Waals surface area contributed by atoms with Gasteiger partial charge in [-0.3, -0.25) is 4.79 Å².